The van der Waals surface area contributed by atoms with E-state index in [9.17, 15) is 4.79 Å². The molecule has 0 aliphatic carbocycles. The first-order valence-electron chi connectivity index (χ1n) is 7.62. The highest BCUT2D eigenvalue weighted by Crippen LogP contribution is 2.23. The molecule has 0 amide bonds. The average molecular weight is 290 g/mol. The molecule has 7 nitrogen and oxygen atoms in total. The molecule has 2 atom stereocenters. The summed E-state index contributed by atoms with van der Waals surface area (Å²) in [4.78, 5) is 13.9. The number of aromatic amines is 1. The van der Waals surface area contributed by atoms with Crippen LogP contribution in [0, 0.1) is 5.92 Å². The van der Waals surface area contributed by atoms with E-state index in [-0.39, 0.29) is 5.69 Å². The van der Waals surface area contributed by atoms with Gasteiger partial charge in [-0.05, 0) is 44.4 Å². The van der Waals surface area contributed by atoms with Gasteiger partial charge in [0, 0.05) is 19.1 Å². The van der Waals surface area contributed by atoms with Crippen LogP contribution in [0.25, 0.3) is 5.65 Å². The Morgan fingerprint density at radius 1 is 1.52 bits per heavy atom. The Morgan fingerprint density at radius 3 is 3.19 bits per heavy atom. The van der Waals surface area contributed by atoms with E-state index in [1.54, 1.807) is 0 Å². The number of piperidine rings is 1. The van der Waals surface area contributed by atoms with Crippen LogP contribution in [-0.4, -0.2) is 45.5 Å². The van der Waals surface area contributed by atoms with Crippen LogP contribution in [0.15, 0.2) is 16.9 Å². The zero-order valence-electron chi connectivity index (χ0n) is 12.5. The number of fused-ring (bicyclic) bond motifs is 1. The van der Waals surface area contributed by atoms with Gasteiger partial charge in [-0.25, -0.2) is 9.89 Å². The maximum Gasteiger partial charge on any atom is 0.364 e. The van der Waals surface area contributed by atoms with E-state index in [0.717, 1.165) is 31.9 Å². The highest BCUT2D eigenvalue weighted by atomic mass is 16.2. The third-order valence-corrected chi connectivity index (χ3v) is 4.27. The van der Waals surface area contributed by atoms with Crippen LogP contribution in [-0.2, 0) is 0 Å². The Morgan fingerprint density at radius 2 is 2.38 bits per heavy atom. The van der Waals surface area contributed by atoms with E-state index in [1.165, 1.54) is 10.9 Å². The first-order chi connectivity index (χ1) is 10.2. The Balaban J connectivity index is 1.81. The SMILES string of the molecule is CCNC(C)C1CCCN(c2ccc3n[nH]c(=O)n3n2)C1. The molecule has 114 valence electrons. The van der Waals surface area contributed by atoms with Gasteiger partial charge in [0.25, 0.3) is 0 Å². The predicted molar refractivity (Wildman–Crippen MR) is 81.7 cm³/mol. The summed E-state index contributed by atoms with van der Waals surface area (Å²) < 4.78 is 1.33. The van der Waals surface area contributed by atoms with Gasteiger partial charge in [0.05, 0.1) is 0 Å². The van der Waals surface area contributed by atoms with E-state index in [0.29, 0.717) is 17.6 Å². The summed E-state index contributed by atoms with van der Waals surface area (Å²) in [5.74, 6) is 1.46. The van der Waals surface area contributed by atoms with Crippen LogP contribution in [0.3, 0.4) is 0 Å². The van der Waals surface area contributed by atoms with Crippen molar-refractivity contribution in [1.29, 1.82) is 0 Å². The second-order valence-corrected chi connectivity index (χ2v) is 5.68. The topological polar surface area (TPSA) is 78.3 Å². The zero-order valence-corrected chi connectivity index (χ0v) is 12.5. The maximum atomic E-state index is 11.6. The Hall–Kier alpha value is -1.89. The van der Waals surface area contributed by atoms with Crippen molar-refractivity contribution in [2.75, 3.05) is 24.5 Å². The van der Waals surface area contributed by atoms with Crippen molar-refractivity contribution < 1.29 is 0 Å². The van der Waals surface area contributed by atoms with Crippen molar-refractivity contribution in [1.82, 2.24) is 25.1 Å². The molecule has 2 unspecified atom stereocenters. The second-order valence-electron chi connectivity index (χ2n) is 5.68. The quantitative estimate of drug-likeness (QED) is 0.863. The molecule has 0 aromatic carbocycles. The molecule has 0 spiro atoms. The standard InChI is InChI=1S/C14H22N6O/c1-3-15-10(2)11-5-4-8-19(9-11)13-7-6-12-16-17-14(21)20(12)18-13/h6-7,10-11,15H,3-5,8-9H2,1-2H3,(H,17,21). The lowest BCUT2D eigenvalue weighted by Crippen LogP contribution is -2.45. The summed E-state index contributed by atoms with van der Waals surface area (Å²) in [5, 5.41) is 14.2. The van der Waals surface area contributed by atoms with Crippen molar-refractivity contribution in [3.05, 3.63) is 22.6 Å². The van der Waals surface area contributed by atoms with E-state index >= 15 is 0 Å². The van der Waals surface area contributed by atoms with E-state index in [2.05, 4.69) is 39.4 Å². The van der Waals surface area contributed by atoms with E-state index in [4.69, 9.17) is 0 Å². The molecule has 3 heterocycles. The third-order valence-electron chi connectivity index (χ3n) is 4.27. The highest BCUT2D eigenvalue weighted by Gasteiger charge is 2.25. The van der Waals surface area contributed by atoms with Crippen LogP contribution in [0.2, 0.25) is 0 Å². The molecule has 1 aliphatic rings. The van der Waals surface area contributed by atoms with Crippen LogP contribution in [0.1, 0.15) is 26.7 Å². The van der Waals surface area contributed by atoms with Gasteiger partial charge in [-0.2, -0.15) is 9.61 Å². The number of anilines is 1. The van der Waals surface area contributed by atoms with Crippen molar-refractivity contribution in [2.24, 2.45) is 5.92 Å². The molecule has 7 heteroatoms. The second kappa shape index (κ2) is 5.85. The van der Waals surface area contributed by atoms with Crippen LogP contribution in [0.5, 0.6) is 0 Å². The van der Waals surface area contributed by atoms with Crippen molar-refractivity contribution >= 4 is 11.5 Å². The van der Waals surface area contributed by atoms with Crippen LogP contribution < -0.4 is 15.9 Å². The minimum atomic E-state index is -0.290. The van der Waals surface area contributed by atoms with Gasteiger partial charge in [0.15, 0.2) is 5.65 Å². The van der Waals surface area contributed by atoms with Gasteiger partial charge >= 0.3 is 5.69 Å². The smallest absolute Gasteiger partial charge is 0.355 e. The Kier molecular flexibility index (Phi) is 3.92. The molecule has 21 heavy (non-hydrogen) atoms. The summed E-state index contributed by atoms with van der Waals surface area (Å²) >= 11 is 0. The lowest BCUT2D eigenvalue weighted by molar-refractivity contribution is 0.323. The zero-order chi connectivity index (χ0) is 14.8. The number of nitrogens with one attached hydrogen (secondary N) is 2. The molecule has 1 fully saturated rings. The molecule has 3 rings (SSSR count). The number of aromatic nitrogens is 4. The fraction of sp³-hybridized carbons (Fsp3) is 0.643. The summed E-state index contributed by atoms with van der Waals surface area (Å²) in [6.45, 7) is 7.33. The molecule has 2 aromatic heterocycles. The number of H-pyrrole nitrogens is 1. The first kappa shape index (κ1) is 14.1. The summed E-state index contributed by atoms with van der Waals surface area (Å²) in [6, 6.07) is 4.27. The lowest BCUT2D eigenvalue weighted by atomic mass is 9.91. The van der Waals surface area contributed by atoms with Crippen molar-refractivity contribution in [3.63, 3.8) is 0 Å². The minimum Gasteiger partial charge on any atom is -0.355 e. The normalized spacial score (nSPS) is 20.9. The van der Waals surface area contributed by atoms with E-state index in [1.807, 2.05) is 12.1 Å². The molecule has 0 radical (unpaired) electrons. The number of nitrogens with zero attached hydrogens (tertiary/aromatic N) is 4. The summed E-state index contributed by atoms with van der Waals surface area (Å²) in [5.41, 5.74) is 0.264. The molecule has 2 aromatic rings. The van der Waals surface area contributed by atoms with Gasteiger partial charge in [-0.1, -0.05) is 6.92 Å². The van der Waals surface area contributed by atoms with E-state index < -0.39 is 0 Å². The fourth-order valence-corrected chi connectivity index (χ4v) is 3.08. The van der Waals surface area contributed by atoms with Crippen molar-refractivity contribution in [2.45, 2.75) is 32.7 Å². The largest absolute Gasteiger partial charge is 0.364 e. The monoisotopic (exact) mass is 290 g/mol. The molecule has 1 saturated heterocycles. The van der Waals surface area contributed by atoms with Gasteiger partial charge in [-0.3, -0.25) is 0 Å². The molecule has 2 N–H and O–H groups in total. The van der Waals surface area contributed by atoms with Gasteiger partial charge in [0.1, 0.15) is 5.82 Å². The summed E-state index contributed by atoms with van der Waals surface area (Å²) in [7, 11) is 0. The van der Waals surface area contributed by atoms with Crippen molar-refractivity contribution in [3.8, 4) is 0 Å². The first-order valence-corrected chi connectivity index (χ1v) is 7.62. The van der Waals surface area contributed by atoms with Gasteiger partial charge < -0.3 is 10.2 Å². The Bertz CT molecular complexity index is 663. The maximum absolute atomic E-state index is 11.6. The molecule has 0 saturated carbocycles. The Labute approximate surface area is 123 Å². The molecule has 1 aliphatic heterocycles. The number of hydrogen-bond donors (Lipinski definition) is 2. The molecular weight excluding hydrogens is 268 g/mol. The highest BCUT2D eigenvalue weighted by molar-refractivity contribution is 5.45. The number of hydrogen-bond acceptors (Lipinski definition) is 5. The van der Waals surface area contributed by atoms with Gasteiger partial charge in [0.2, 0.25) is 0 Å². The molecular formula is C14H22N6O. The van der Waals surface area contributed by atoms with Gasteiger partial charge in [-0.15, -0.1) is 5.10 Å². The summed E-state index contributed by atoms with van der Waals surface area (Å²) in [6.07, 6.45) is 2.39. The minimum absolute atomic E-state index is 0.290. The predicted octanol–water partition coefficient (Wildman–Crippen LogP) is 0.632. The average Bonchev–Trinajstić information content (AvgIpc) is 2.89. The van der Waals surface area contributed by atoms with Crippen LogP contribution >= 0.6 is 0 Å². The lowest BCUT2D eigenvalue weighted by Gasteiger charge is -2.36. The van der Waals surface area contributed by atoms with Crippen LogP contribution in [0.4, 0.5) is 5.82 Å². The molecule has 0 bridgehead atoms. The fourth-order valence-electron chi connectivity index (χ4n) is 3.08. The third kappa shape index (κ3) is 2.78. The number of rotatable bonds is 4.